The van der Waals surface area contributed by atoms with Crippen molar-refractivity contribution in [3.05, 3.63) is 23.8 Å². The van der Waals surface area contributed by atoms with Gasteiger partial charge in [-0.1, -0.05) is 6.07 Å². The molecule has 1 aliphatic rings. The minimum atomic E-state index is -0.00490. The SMILES string of the molecule is COc1cccc(N(CCO)C2CCC2)c1C(C)=O. The Kier molecular flexibility index (Phi) is 4.43. The number of methoxy groups -OCH3 is 1. The molecule has 0 bridgehead atoms. The van der Waals surface area contributed by atoms with E-state index in [1.54, 1.807) is 20.1 Å². The fraction of sp³-hybridized carbons (Fsp3) is 0.533. The Balaban J connectivity index is 2.42. The number of carbonyl (C=O) groups is 1. The molecule has 0 radical (unpaired) electrons. The summed E-state index contributed by atoms with van der Waals surface area (Å²) in [7, 11) is 1.57. The molecule has 0 aromatic heterocycles. The second-order valence-corrected chi connectivity index (χ2v) is 4.91. The average molecular weight is 263 g/mol. The highest BCUT2D eigenvalue weighted by molar-refractivity contribution is 6.02. The Hall–Kier alpha value is -1.55. The van der Waals surface area contributed by atoms with Crippen molar-refractivity contribution in [2.75, 3.05) is 25.2 Å². The maximum Gasteiger partial charge on any atom is 0.165 e. The fourth-order valence-electron chi connectivity index (χ4n) is 2.59. The minimum absolute atomic E-state index is 0.00490. The molecule has 1 aromatic carbocycles. The minimum Gasteiger partial charge on any atom is -0.496 e. The number of ketones is 1. The monoisotopic (exact) mass is 263 g/mol. The van der Waals surface area contributed by atoms with Crippen molar-refractivity contribution in [1.82, 2.24) is 0 Å². The van der Waals surface area contributed by atoms with Gasteiger partial charge in [0.25, 0.3) is 0 Å². The lowest BCUT2D eigenvalue weighted by molar-refractivity contribution is 0.101. The van der Waals surface area contributed by atoms with E-state index in [0.717, 1.165) is 18.5 Å². The second kappa shape index (κ2) is 6.06. The van der Waals surface area contributed by atoms with E-state index in [9.17, 15) is 9.90 Å². The van der Waals surface area contributed by atoms with Crippen LogP contribution in [0.25, 0.3) is 0 Å². The topological polar surface area (TPSA) is 49.8 Å². The Morgan fingerprint density at radius 3 is 2.68 bits per heavy atom. The maximum atomic E-state index is 11.9. The van der Waals surface area contributed by atoms with Gasteiger partial charge in [0.05, 0.1) is 25.0 Å². The Bertz CT molecular complexity index is 455. The van der Waals surface area contributed by atoms with E-state index in [2.05, 4.69) is 4.90 Å². The number of hydrogen-bond donors (Lipinski definition) is 1. The maximum absolute atomic E-state index is 11.9. The van der Waals surface area contributed by atoms with Crippen LogP contribution in [0, 0.1) is 0 Å². The standard InChI is InChI=1S/C15H21NO3/c1-11(18)15-13(7-4-8-14(15)19-2)16(9-10-17)12-5-3-6-12/h4,7-8,12,17H,3,5-6,9-10H2,1-2H3. The van der Waals surface area contributed by atoms with Crippen LogP contribution in [0.1, 0.15) is 36.5 Å². The van der Waals surface area contributed by atoms with Gasteiger partial charge >= 0.3 is 0 Å². The summed E-state index contributed by atoms with van der Waals surface area (Å²) in [6.07, 6.45) is 3.45. The van der Waals surface area contributed by atoms with E-state index in [4.69, 9.17) is 4.74 Å². The molecule has 2 rings (SSSR count). The van der Waals surface area contributed by atoms with E-state index in [1.165, 1.54) is 6.42 Å². The smallest absolute Gasteiger partial charge is 0.165 e. The highest BCUT2D eigenvalue weighted by Gasteiger charge is 2.28. The predicted octanol–water partition coefficient (Wildman–Crippen LogP) is 2.25. The number of benzene rings is 1. The molecule has 0 atom stereocenters. The third-order valence-electron chi connectivity index (χ3n) is 3.74. The molecule has 0 saturated heterocycles. The summed E-state index contributed by atoms with van der Waals surface area (Å²) in [4.78, 5) is 14.1. The Labute approximate surface area is 114 Å². The van der Waals surface area contributed by atoms with Gasteiger partial charge in [0.1, 0.15) is 5.75 Å². The largest absolute Gasteiger partial charge is 0.496 e. The van der Waals surface area contributed by atoms with Gasteiger partial charge in [-0.15, -0.1) is 0 Å². The summed E-state index contributed by atoms with van der Waals surface area (Å²) in [5.74, 6) is 0.599. The lowest BCUT2D eigenvalue weighted by Crippen LogP contribution is -2.42. The Morgan fingerprint density at radius 2 is 2.21 bits per heavy atom. The van der Waals surface area contributed by atoms with Gasteiger partial charge in [-0.2, -0.15) is 0 Å². The number of hydrogen-bond acceptors (Lipinski definition) is 4. The molecule has 104 valence electrons. The number of aliphatic hydroxyl groups excluding tert-OH is 1. The first-order chi connectivity index (χ1) is 9.19. The van der Waals surface area contributed by atoms with Crippen LogP contribution in [0.4, 0.5) is 5.69 Å². The van der Waals surface area contributed by atoms with Crippen molar-refractivity contribution in [3.63, 3.8) is 0 Å². The molecule has 0 heterocycles. The van der Waals surface area contributed by atoms with E-state index < -0.39 is 0 Å². The number of ether oxygens (including phenoxy) is 1. The average Bonchev–Trinajstić information content (AvgIpc) is 2.35. The first-order valence-electron chi connectivity index (χ1n) is 6.74. The van der Waals surface area contributed by atoms with Crippen LogP contribution in [0.5, 0.6) is 5.75 Å². The summed E-state index contributed by atoms with van der Waals surface area (Å²) in [6, 6.07) is 6.06. The molecule has 0 unspecified atom stereocenters. The van der Waals surface area contributed by atoms with Crippen LogP contribution in [-0.4, -0.2) is 37.2 Å². The number of anilines is 1. The van der Waals surface area contributed by atoms with Crippen molar-refractivity contribution in [3.8, 4) is 5.75 Å². The fourth-order valence-corrected chi connectivity index (χ4v) is 2.59. The van der Waals surface area contributed by atoms with Gasteiger partial charge in [0.15, 0.2) is 5.78 Å². The van der Waals surface area contributed by atoms with Gasteiger partial charge < -0.3 is 14.7 Å². The summed E-state index contributed by atoms with van der Waals surface area (Å²) in [5, 5.41) is 9.26. The summed E-state index contributed by atoms with van der Waals surface area (Å²) >= 11 is 0. The number of nitrogens with zero attached hydrogens (tertiary/aromatic N) is 1. The normalized spacial score (nSPS) is 14.9. The zero-order valence-electron chi connectivity index (χ0n) is 11.6. The van der Waals surface area contributed by atoms with Gasteiger partial charge in [-0.3, -0.25) is 4.79 Å². The first kappa shape index (κ1) is 13.9. The van der Waals surface area contributed by atoms with Gasteiger partial charge in [-0.05, 0) is 38.3 Å². The predicted molar refractivity (Wildman–Crippen MR) is 75.1 cm³/mol. The summed E-state index contributed by atoms with van der Waals surface area (Å²) in [6.45, 7) is 2.20. The third kappa shape index (κ3) is 2.73. The lowest BCUT2D eigenvalue weighted by Gasteiger charge is -2.39. The van der Waals surface area contributed by atoms with Crippen molar-refractivity contribution in [2.45, 2.75) is 32.2 Å². The van der Waals surface area contributed by atoms with Gasteiger partial charge in [-0.25, -0.2) is 0 Å². The molecule has 1 fully saturated rings. The number of aliphatic hydroxyl groups is 1. The zero-order valence-corrected chi connectivity index (χ0v) is 11.6. The molecular weight excluding hydrogens is 242 g/mol. The van der Waals surface area contributed by atoms with Crippen LogP contribution in [-0.2, 0) is 0 Å². The van der Waals surface area contributed by atoms with E-state index in [-0.39, 0.29) is 12.4 Å². The van der Waals surface area contributed by atoms with Gasteiger partial charge in [0.2, 0.25) is 0 Å². The van der Waals surface area contributed by atoms with E-state index in [1.807, 2.05) is 12.1 Å². The molecule has 1 N–H and O–H groups in total. The molecule has 0 amide bonds. The second-order valence-electron chi connectivity index (χ2n) is 4.91. The van der Waals surface area contributed by atoms with E-state index in [0.29, 0.717) is 23.9 Å². The highest BCUT2D eigenvalue weighted by Crippen LogP contribution is 2.35. The third-order valence-corrected chi connectivity index (χ3v) is 3.74. The van der Waals surface area contributed by atoms with Crippen LogP contribution in [0.3, 0.4) is 0 Å². The molecule has 4 heteroatoms. The Morgan fingerprint density at radius 1 is 1.47 bits per heavy atom. The molecule has 19 heavy (non-hydrogen) atoms. The van der Waals surface area contributed by atoms with Crippen molar-refractivity contribution < 1.29 is 14.6 Å². The highest BCUT2D eigenvalue weighted by atomic mass is 16.5. The molecule has 1 aromatic rings. The number of carbonyl (C=O) groups excluding carboxylic acids is 1. The lowest BCUT2D eigenvalue weighted by atomic mass is 9.90. The molecule has 0 aliphatic heterocycles. The van der Waals surface area contributed by atoms with Crippen molar-refractivity contribution >= 4 is 11.5 Å². The summed E-state index contributed by atoms with van der Waals surface area (Å²) in [5.41, 5.74) is 1.50. The van der Waals surface area contributed by atoms with Crippen LogP contribution in [0.15, 0.2) is 18.2 Å². The summed E-state index contributed by atoms with van der Waals surface area (Å²) < 4.78 is 5.30. The molecular formula is C15H21NO3. The van der Waals surface area contributed by atoms with Crippen molar-refractivity contribution in [1.29, 1.82) is 0 Å². The molecule has 1 saturated carbocycles. The number of Topliss-reactive ketones (excluding diaryl/α,β-unsaturated/α-hetero) is 1. The first-order valence-corrected chi connectivity index (χ1v) is 6.74. The van der Waals surface area contributed by atoms with E-state index >= 15 is 0 Å². The molecule has 0 spiro atoms. The zero-order chi connectivity index (χ0) is 13.8. The van der Waals surface area contributed by atoms with Crippen LogP contribution < -0.4 is 9.64 Å². The van der Waals surface area contributed by atoms with Gasteiger partial charge in [0, 0.05) is 12.6 Å². The van der Waals surface area contributed by atoms with Crippen LogP contribution in [0.2, 0.25) is 0 Å². The quantitative estimate of drug-likeness (QED) is 0.800. The molecule has 4 nitrogen and oxygen atoms in total. The molecule has 1 aliphatic carbocycles. The number of rotatable bonds is 6. The van der Waals surface area contributed by atoms with Crippen LogP contribution >= 0.6 is 0 Å². The van der Waals surface area contributed by atoms with Crippen molar-refractivity contribution in [2.24, 2.45) is 0 Å².